The van der Waals surface area contributed by atoms with Crippen LogP contribution in [0.1, 0.15) is 19.3 Å². The van der Waals surface area contributed by atoms with Crippen LogP contribution in [-0.4, -0.2) is 41.2 Å². The van der Waals surface area contributed by atoms with Crippen molar-refractivity contribution in [1.82, 2.24) is 10.6 Å². The van der Waals surface area contributed by atoms with Gasteiger partial charge in [0, 0.05) is 6.04 Å². The van der Waals surface area contributed by atoms with E-state index in [1.54, 1.807) is 11.8 Å². The van der Waals surface area contributed by atoms with Gasteiger partial charge in [-0.05, 0) is 31.3 Å². The first kappa shape index (κ1) is 13.9. The fraction of sp³-hybridized carbons (Fsp3) is 0.636. The molecular weight excluding hydrogens is 240 g/mol. The molecule has 0 aliphatic heterocycles. The van der Waals surface area contributed by atoms with Gasteiger partial charge >= 0.3 is 12.0 Å². The molecule has 17 heavy (non-hydrogen) atoms. The predicted octanol–water partition coefficient (Wildman–Crippen LogP) is 1.21. The first-order chi connectivity index (χ1) is 8.13. The third-order valence-electron chi connectivity index (χ3n) is 2.56. The highest BCUT2D eigenvalue weighted by atomic mass is 32.2. The van der Waals surface area contributed by atoms with E-state index in [4.69, 9.17) is 5.11 Å². The number of carbonyl (C=O) groups excluding carboxylic acids is 1. The lowest BCUT2D eigenvalue weighted by molar-refractivity contribution is -0.139. The van der Waals surface area contributed by atoms with Crippen LogP contribution in [0.2, 0.25) is 0 Å². The summed E-state index contributed by atoms with van der Waals surface area (Å²) in [4.78, 5) is 22.5. The molecule has 0 spiro atoms. The maximum atomic E-state index is 11.6. The molecule has 96 valence electrons. The summed E-state index contributed by atoms with van der Waals surface area (Å²) in [6, 6.07) is -1.10. The zero-order valence-corrected chi connectivity index (χ0v) is 10.6. The van der Waals surface area contributed by atoms with Crippen LogP contribution < -0.4 is 10.6 Å². The Bertz CT molecular complexity index is 299. The number of hydrogen-bond donors (Lipinski definition) is 3. The molecule has 0 radical (unpaired) electrons. The van der Waals surface area contributed by atoms with Crippen LogP contribution in [0.15, 0.2) is 12.2 Å². The van der Waals surface area contributed by atoms with Crippen LogP contribution in [0.25, 0.3) is 0 Å². The Balaban J connectivity index is 2.32. The van der Waals surface area contributed by atoms with Gasteiger partial charge in [0.15, 0.2) is 0 Å². The quantitative estimate of drug-likeness (QED) is 0.626. The molecule has 1 atom stereocenters. The summed E-state index contributed by atoms with van der Waals surface area (Å²) in [5.74, 6) is -0.277. The van der Waals surface area contributed by atoms with Crippen LogP contribution in [0.4, 0.5) is 4.79 Å². The highest BCUT2D eigenvalue weighted by molar-refractivity contribution is 7.98. The second-order valence-electron chi connectivity index (χ2n) is 3.93. The molecule has 2 amide bonds. The van der Waals surface area contributed by atoms with Crippen LogP contribution in [-0.2, 0) is 4.79 Å². The van der Waals surface area contributed by atoms with Gasteiger partial charge in [-0.2, -0.15) is 11.8 Å². The number of hydrogen-bond acceptors (Lipinski definition) is 3. The molecule has 5 nitrogen and oxygen atoms in total. The molecule has 0 aromatic rings. The van der Waals surface area contributed by atoms with Gasteiger partial charge in [-0.3, -0.25) is 0 Å². The number of thioether (sulfide) groups is 1. The maximum absolute atomic E-state index is 11.6. The van der Waals surface area contributed by atoms with Gasteiger partial charge in [0.2, 0.25) is 0 Å². The second kappa shape index (κ2) is 7.21. The number of amides is 2. The fourth-order valence-corrected chi connectivity index (χ4v) is 2.08. The van der Waals surface area contributed by atoms with E-state index < -0.39 is 18.0 Å². The number of rotatable bonds is 6. The Morgan fingerprint density at radius 1 is 1.47 bits per heavy atom. The number of urea groups is 1. The van der Waals surface area contributed by atoms with E-state index >= 15 is 0 Å². The molecule has 0 aromatic heterocycles. The minimum absolute atomic E-state index is 0.102. The third kappa shape index (κ3) is 5.12. The summed E-state index contributed by atoms with van der Waals surface area (Å²) in [6.45, 7) is 0. The summed E-state index contributed by atoms with van der Waals surface area (Å²) in [6.07, 6.45) is 7.99. The Hall–Kier alpha value is -1.17. The largest absolute Gasteiger partial charge is 0.480 e. The average Bonchev–Trinajstić information content (AvgIpc) is 2.76. The molecule has 1 aliphatic rings. The summed E-state index contributed by atoms with van der Waals surface area (Å²) in [5.41, 5.74) is 0. The first-order valence-corrected chi connectivity index (χ1v) is 6.96. The van der Waals surface area contributed by atoms with E-state index in [2.05, 4.69) is 10.6 Å². The van der Waals surface area contributed by atoms with Gasteiger partial charge in [-0.25, -0.2) is 9.59 Å². The summed E-state index contributed by atoms with van der Waals surface area (Å²) in [5, 5.41) is 14.2. The summed E-state index contributed by atoms with van der Waals surface area (Å²) < 4.78 is 0. The highest BCUT2D eigenvalue weighted by Gasteiger charge is 2.21. The highest BCUT2D eigenvalue weighted by Crippen LogP contribution is 2.09. The second-order valence-corrected chi connectivity index (χ2v) is 4.92. The molecular formula is C11H18N2O3S. The fourth-order valence-electron chi connectivity index (χ4n) is 1.61. The Kier molecular flexibility index (Phi) is 5.90. The molecule has 3 N–H and O–H groups in total. The van der Waals surface area contributed by atoms with E-state index in [0.29, 0.717) is 12.2 Å². The number of aliphatic carboxylic acids is 1. The van der Waals surface area contributed by atoms with E-state index in [1.165, 1.54) is 0 Å². The van der Waals surface area contributed by atoms with Crippen molar-refractivity contribution in [2.45, 2.75) is 31.3 Å². The molecule has 0 bridgehead atoms. The van der Waals surface area contributed by atoms with E-state index in [9.17, 15) is 9.59 Å². The molecule has 6 heteroatoms. The first-order valence-electron chi connectivity index (χ1n) is 5.57. The normalized spacial score (nSPS) is 16.8. The van der Waals surface area contributed by atoms with Crippen molar-refractivity contribution in [2.24, 2.45) is 0 Å². The smallest absolute Gasteiger partial charge is 0.326 e. The maximum Gasteiger partial charge on any atom is 0.326 e. The van der Waals surface area contributed by atoms with Crippen molar-refractivity contribution in [1.29, 1.82) is 0 Å². The minimum Gasteiger partial charge on any atom is -0.480 e. The van der Waals surface area contributed by atoms with Gasteiger partial charge in [0.1, 0.15) is 6.04 Å². The Morgan fingerprint density at radius 3 is 2.65 bits per heavy atom. The molecule has 0 unspecified atom stereocenters. The molecule has 0 aromatic carbocycles. The van der Waals surface area contributed by atoms with Crippen LogP contribution in [0.3, 0.4) is 0 Å². The zero-order valence-electron chi connectivity index (χ0n) is 9.81. The van der Waals surface area contributed by atoms with E-state index in [1.807, 2.05) is 18.4 Å². The monoisotopic (exact) mass is 258 g/mol. The molecule has 0 saturated carbocycles. The number of nitrogens with one attached hydrogen (secondary N) is 2. The zero-order chi connectivity index (χ0) is 12.7. The topological polar surface area (TPSA) is 78.4 Å². The Morgan fingerprint density at radius 2 is 2.12 bits per heavy atom. The van der Waals surface area contributed by atoms with Crippen LogP contribution in [0.5, 0.6) is 0 Å². The lowest BCUT2D eigenvalue weighted by atomic mass is 10.2. The van der Waals surface area contributed by atoms with Gasteiger partial charge in [0.25, 0.3) is 0 Å². The third-order valence-corrected chi connectivity index (χ3v) is 3.20. The van der Waals surface area contributed by atoms with Gasteiger partial charge < -0.3 is 15.7 Å². The number of carboxylic acid groups (broad SMARTS) is 1. The molecule has 0 saturated heterocycles. The number of carboxylic acids is 1. The van der Waals surface area contributed by atoms with E-state index in [0.717, 1.165) is 12.8 Å². The van der Waals surface area contributed by atoms with Crippen molar-refractivity contribution >= 4 is 23.8 Å². The molecule has 1 rings (SSSR count). The lowest BCUT2D eigenvalue weighted by Crippen LogP contribution is -2.48. The van der Waals surface area contributed by atoms with Gasteiger partial charge in [0.05, 0.1) is 0 Å². The van der Waals surface area contributed by atoms with Crippen LogP contribution >= 0.6 is 11.8 Å². The predicted molar refractivity (Wildman–Crippen MR) is 68.3 cm³/mol. The van der Waals surface area contributed by atoms with Crippen molar-refractivity contribution in [3.63, 3.8) is 0 Å². The van der Waals surface area contributed by atoms with Gasteiger partial charge in [-0.15, -0.1) is 0 Å². The van der Waals surface area contributed by atoms with Crippen molar-refractivity contribution < 1.29 is 14.7 Å². The van der Waals surface area contributed by atoms with Crippen molar-refractivity contribution in [2.75, 3.05) is 12.0 Å². The van der Waals surface area contributed by atoms with Crippen molar-refractivity contribution in [3.8, 4) is 0 Å². The van der Waals surface area contributed by atoms with Gasteiger partial charge in [-0.1, -0.05) is 12.2 Å². The standard InChI is InChI=1S/C11H18N2O3S/c1-17-7-6-9(10(14)15)13-11(16)12-8-4-2-3-5-8/h2-3,8-9H,4-7H2,1H3,(H,14,15)(H2,12,13,16)/t9-/m1/s1. The van der Waals surface area contributed by atoms with Crippen LogP contribution in [0, 0.1) is 0 Å². The molecule has 0 heterocycles. The molecule has 0 fully saturated rings. The lowest BCUT2D eigenvalue weighted by Gasteiger charge is -2.17. The Labute approximate surface area is 105 Å². The SMILES string of the molecule is CSCC[C@@H](NC(=O)NC1CC=CC1)C(=O)O. The molecule has 1 aliphatic carbocycles. The van der Waals surface area contributed by atoms with E-state index in [-0.39, 0.29) is 6.04 Å². The van der Waals surface area contributed by atoms with Crippen molar-refractivity contribution in [3.05, 3.63) is 12.2 Å². The minimum atomic E-state index is -0.987. The average molecular weight is 258 g/mol. The number of carbonyl (C=O) groups is 2. The summed E-state index contributed by atoms with van der Waals surface area (Å²) >= 11 is 1.56. The summed E-state index contributed by atoms with van der Waals surface area (Å²) in [7, 11) is 0.